The Hall–Kier alpha value is -2.36. The molecule has 1 heterocycles. The van der Waals surface area contributed by atoms with Crippen LogP contribution < -0.4 is 10.6 Å². The highest BCUT2D eigenvalue weighted by atomic mass is 16.1. The van der Waals surface area contributed by atoms with Crippen LogP contribution in [-0.4, -0.2) is 24.0 Å². The van der Waals surface area contributed by atoms with E-state index in [1.807, 2.05) is 42.6 Å². The zero-order valence-electron chi connectivity index (χ0n) is 12.3. The minimum atomic E-state index is -0.0434. The molecule has 2 rings (SSSR count). The van der Waals surface area contributed by atoms with Gasteiger partial charge < -0.3 is 10.6 Å². The van der Waals surface area contributed by atoms with Gasteiger partial charge in [-0.25, -0.2) is 0 Å². The van der Waals surface area contributed by atoms with Gasteiger partial charge in [-0.3, -0.25) is 9.78 Å². The minimum absolute atomic E-state index is 0.0434. The first-order chi connectivity index (χ1) is 10.3. The summed E-state index contributed by atoms with van der Waals surface area (Å²) in [6.07, 6.45) is 5.38. The Kier molecular flexibility index (Phi) is 5.76. The SMILES string of the molecule is CCCNc1ccccc1C(=O)NCCc1cccnc1. The van der Waals surface area contributed by atoms with E-state index in [4.69, 9.17) is 0 Å². The van der Waals surface area contributed by atoms with E-state index in [1.54, 1.807) is 6.20 Å². The number of benzene rings is 1. The number of hydrogen-bond acceptors (Lipinski definition) is 3. The molecule has 0 fully saturated rings. The van der Waals surface area contributed by atoms with Crippen LogP contribution in [0.2, 0.25) is 0 Å². The second-order valence-corrected chi connectivity index (χ2v) is 4.84. The number of pyridine rings is 1. The molecule has 4 nitrogen and oxygen atoms in total. The molecule has 0 aliphatic carbocycles. The molecule has 4 heteroatoms. The number of amides is 1. The number of hydrogen-bond donors (Lipinski definition) is 2. The molecule has 0 saturated heterocycles. The predicted octanol–water partition coefficient (Wildman–Crippen LogP) is 2.88. The van der Waals surface area contributed by atoms with E-state index < -0.39 is 0 Å². The summed E-state index contributed by atoms with van der Waals surface area (Å²) in [5.41, 5.74) is 2.70. The normalized spacial score (nSPS) is 10.1. The monoisotopic (exact) mass is 283 g/mol. The molecular formula is C17H21N3O. The first kappa shape index (κ1) is 15.0. The minimum Gasteiger partial charge on any atom is -0.384 e. The molecule has 21 heavy (non-hydrogen) atoms. The summed E-state index contributed by atoms with van der Waals surface area (Å²) in [4.78, 5) is 16.3. The quantitative estimate of drug-likeness (QED) is 0.821. The van der Waals surface area contributed by atoms with Crippen molar-refractivity contribution >= 4 is 11.6 Å². The van der Waals surface area contributed by atoms with Gasteiger partial charge in [0, 0.05) is 31.2 Å². The number of para-hydroxylation sites is 1. The van der Waals surface area contributed by atoms with E-state index in [0.29, 0.717) is 12.1 Å². The molecule has 0 atom stereocenters. The van der Waals surface area contributed by atoms with Crippen molar-refractivity contribution in [2.24, 2.45) is 0 Å². The van der Waals surface area contributed by atoms with Gasteiger partial charge in [0.05, 0.1) is 5.56 Å². The zero-order valence-corrected chi connectivity index (χ0v) is 12.3. The second-order valence-electron chi connectivity index (χ2n) is 4.84. The van der Waals surface area contributed by atoms with Crippen LogP contribution in [0.25, 0.3) is 0 Å². The summed E-state index contributed by atoms with van der Waals surface area (Å²) in [5, 5.41) is 6.24. The van der Waals surface area contributed by atoms with Gasteiger partial charge in [-0.05, 0) is 36.6 Å². The van der Waals surface area contributed by atoms with Gasteiger partial charge in [-0.15, -0.1) is 0 Å². The number of carbonyl (C=O) groups excluding carboxylic acids is 1. The van der Waals surface area contributed by atoms with Gasteiger partial charge in [0.25, 0.3) is 5.91 Å². The molecule has 0 saturated carbocycles. The fourth-order valence-electron chi connectivity index (χ4n) is 2.06. The predicted molar refractivity (Wildman–Crippen MR) is 85.5 cm³/mol. The average Bonchev–Trinajstić information content (AvgIpc) is 2.54. The van der Waals surface area contributed by atoms with Crippen molar-refractivity contribution in [2.75, 3.05) is 18.4 Å². The van der Waals surface area contributed by atoms with Crippen LogP contribution in [0.4, 0.5) is 5.69 Å². The summed E-state index contributed by atoms with van der Waals surface area (Å²) in [5.74, 6) is -0.0434. The summed E-state index contributed by atoms with van der Waals surface area (Å²) >= 11 is 0. The van der Waals surface area contributed by atoms with Crippen molar-refractivity contribution in [3.05, 3.63) is 59.9 Å². The van der Waals surface area contributed by atoms with E-state index in [-0.39, 0.29) is 5.91 Å². The summed E-state index contributed by atoms with van der Waals surface area (Å²) in [6, 6.07) is 11.5. The lowest BCUT2D eigenvalue weighted by molar-refractivity contribution is 0.0955. The Labute approximate surface area is 125 Å². The number of nitrogens with one attached hydrogen (secondary N) is 2. The van der Waals surface area contributed by atoms with E-state index in [9.17, 15) is 4.79 Å². The molecule has 0 radical (unpaired) electrons. The molecule has 110 valence electrons. The van der Waals surface area contributed by atoms with Crippen LogP contribution in [0.3, 0.4) is 0 Å². The Balaban J connectivity index is 1.91. The molecule has 0 unspecified atom stereocenters. The first-order valence-electron chi connectivity index (χ1n) is 7.31. The maximum Gasteiger partial charge on any atom is 0.253 e. The van der Waals surface area contributed by atoms with Crippen LogP contribution in [-0.2, 0) is 6.42 Å². The Morgan fingerprint density at radius 1 is 1.14 bits per heavy atom. The molecule has 2 N–H and O–H groups in total. The molecule has 1 aromatic heterocycles. The van der Waals surface area contributed by atoms with Crippen molar-refractivity contribution in [2.45, 2.75) is 19.8 Å². The third-order valence-corrected chi connectivity index (χ3v) is 3.16. The Morgan fingerprint density at radius 2 is 2.00 bits per heavy atom. The maximum atomic E-state index is 12.3. The number of aromatic nitrogens is 1. The fraction of sp³-hybridized carbons (Fsp3) is 0.294. The molecule has 2 aromatic rings. The van der Waals surface area contributed by atoms with Crippen LogP contribution in [0.1, 0.15) is 29.3 Å². The number of anilines is 1. The molecule has 0 aliphatic rings. The highest BCUT2D eigenvalue weighted by Crippen LogP contribution is 2.14. The van der Waals surface area contributed by atoms with Gasteiger partial charge in [0.2, 0.25) is 0 Å². The van der Waals surface area contributed by atoms with Crippen molar-refractivity contribution in [1.29, 1.82) is 0 Å². The van der Waals surface area contributed by atoms with Gasteiger partial charge in [0.1, 0.15) is 0 Å². The third kappa shape index (κ3) is 4.60. The van der Waals surface area contributed by atoms with Gasteiger partial charge in [-0.2, -0.15) is 0 Å². The molecule has 1 amide bonds. The molecule has 1 aromatic carbocycles. The maximum absolute atomic E-state index is 12.3. The van der Waals surface area contributed by atoms with E-state index in [1.165, 1.54) is 0 Å². The summed E-state index contributed by atoms with van der Waals surface area (Å²) in [6.45, 7) is 3.57. The number of rotatable bonds is 7. The first-order valence-corrected chi connectivity index (χ1v) is 7.31. The van der Waals surface area contributed by atoms with Crippen LogP contribution in [0.15, 0.2) is 48.8 Å². The van der Waals surface area contributed by atoms with Gasteiger partial charge in [0.15, 0.2) is 0 Å². The molecular weight excluding hydrogens is 262 g/mol. The van der Waals surface area contributed by atoms with Crippen LogP contribution in [0, 0.1) is 0 Å². The molecule has 0 bridgehead atoms. The number of carbonyl (C=O) groups is 1. The average molecular weight is 283 g/mol. The van der Waals surface area contributed by atoms with E-state index >= 15 is 0 Å². The summed E-state index contributed by atoms with van der Waals surface area (Å²) < 4.78 is 0. The van der Waals surface area contributed by atoms with Crippen molar-refractivity contribution in [3.8, 4) is 0 Å². The summed E-state index contributed by atoms with van der Waals surface area (Å²) in [7, 11) is 0. The van der Waals surface area contributed by atoms with Crippen LogP contribution in [0.5, 0.6) is 0 Å². The topological polar surface area (TPSA) is 54.0 Å². The lowest BCUT2D eigenvalue weighted by atomic mass is 10.1. The fourth-order valence-corrected chi connectivity index (χ4v) is 2.06. The Bertz CT molecular complexity index is 569. The highest BCUT2D eigenvalue weighted by molar-refractivity contribution is 5.99. The standard InChI is InChI=1S/C17H21N3O/c1-2-10-19-16-8-4-3-7-15(16)17(21)20-12-9-14-6-5-11-18-13-14/h3-8,11,13,19H,2,9-10,12H2,1H3,(H,20,21). The van der Waals surface area contributed by atoms with Crippen molar-refractivity contribution < 1.29 is 4.79 Å². The van der Waals surface area contributed by atoms with Crippen LogP contribution >= 0.6 is 0 Å². The van der Waals surface area contributed by atoms with Gasteiger partial charge in [-0.1, -0.05) is 25.1 Å². The van der Waals surface area contributed by atoms with Crippen molar-refractivity contribution in [1.82, 2.24) is 10.3 Å². The third-order valence-electron chi connectivity index (χ3n) is 3.16. The van der Waals surface area contributed by atoms with Crippen molar-refractivity contribution in [3.63, 3.8) is 0 Å². The van der Waals surface area contributed by atoms with E-state index in [0.717, 1.165) is 30.6 Å². The zero-order chi connectivity index (χ0) is 14.9. The molecule has 0 aliphatic heterocycles. The second kappa shape index (κ2) is 8.04. The lowest BCUT2D eigenvalue weighted by Gasteiger charge is -2.11. The lowest BCUT2D eigenvalue weighted by Crippen LogP contribution is -2.26. The highest BCUT2D eigenvalue weighted by Gasteiger charge is 2.09. The Morgan fingerprint density at radius 3 is 2.76 bits per heavy atom. The smallest absolute Gasteiger partial charge is 0.253 e. The molecule has 0 spiro atoms. The number of nitrogens with zero attached hydrogens (tertiary/aromatic N) is 1. The van der Waals surface area contributed by atoms with E-state index in [2.05, 4.69) is 22.5 Å². The van der Waals surface area contributed by atoms with Gasteiger partial charge >= 0.3 is 0 Å². The largest absolute Gasteiger partial charge is 0.384 e.